The van der Waals surface area contributed by atoms with Crippen molar-refractivity contribution in [1.29, 1.82) is 5.41 Å². The Morgan fingerprint density at radius 2 is 1.96 bits per heavy atom. The van der Waals surface area contributed by atoms with E-state index in [9.17, 15) is 0 Å². The van der Waals surface area contributed by atoms with E-state index in [-0.39, 0.29) is 0 Å². The van der Waals surface area contributed by atoms with E-state index in [4.69, 9.17) is 17.0 Å². The maximum absolute atomic E-state index is 7.79. The van der Waals surface area contributed by atoms with E-state index in [0.29, 0.717) is 0 Å². The Bertz CT molecular complexity index is 595. The maximum Gasteiger partial charge on any atom is 0.0544 e. The predicted molar refractivity (Wildman–Crippen MR) is 118 cm³/mol. The Kier molecular flexibility index (Phi) is 11.7. The van der Waals surface area contributed by atoms with Gasteiger partial charge in [0, 0.05) is 47.7 Å². The molecule has 0 aliphatic rings. The van der Waals surface area contributed by atoms with Gasteiger partial charge in [0.05, 0.1) is 10.7 Å². The third kappa shape index (κ3) is 6.16. The first-order valence-corrected chi connectivity index (χ1v) is 11.4. The molecule has 0 bridgehead atoms. The summed E-state index contributed by atoms with van der Waals surface area (Å²) in [5.74, 6) is 0. The fraction of sp³-hybridized carbons (Fsp3) is 0.389. The molecule has 2 nitrogen and oxygen atoms in total. The molecule has 0 saturated carbocycles. The number of benzene rings is 1. The van der Waals surface area contributed by atoms with Gasteiger partial charge in [-0.2, -0.15) is 0 Å². The minimum Gasteiger partial charge on any atom is -0.320 e. The van der Waals surface area contributed by atoms with Gasteiger partial charge in [-0.05, 0) is 51.3 Å². The number of aryl methyl sites for hydroxylation is 1. The Hall–Kier alpha value is -0.460. The van der Waals surface area contributed by atoms with E-state index in [1.165, 1.54) is 20.9 Å². The first kappa shape index (κ1) is 22.5. The van der Waals surface area contributed by atoms with Crippen LogP contribution in [-0.2, 0) is 0 Å². The standard InChI is InChI=1S/C16H20ClIN2S.C2H6/c1-5-10(3)7-12(6-2)15-13(9-19)14(20-21-18)8-11(4)16(15)17;1-2/h5-6,8-9,19-20H,7H2,1-4H3;1-2H3/b10-5+,12-6-,19-9?;. The summed E-state index contributed by atoms with van der Waals surface area (Å²) in [6, 6.07) is 1.99. The van der Waals surface area contributed by atoms with Crippen LogP contribution in [-0.4, -0.2) is 6.21 Å². The summed E-state index contributed by atoms with van der Waals surface area (Å²) in [5, 5.41) is 8.52. The van der Waals surface area contributed by atoms with Crippen LogP contribution in [0.2, 0.25) is 5.02 Å². The van der Waals surface area contributed by atoms with E-state index < -0.39 is 0 Å². The van der Waals surface area contributed by atoms with Gasteiger partial charge in [0.15, 0.2) is 0 Å². The second kappa shape index (κ2) is 12.0. The maximum atomic E-state index is 7.79. The number of anilines is 1. The molecule has 0 unspecified atom stereocenters. The molecule has 2 N–H and O–H groups in total. The van der Waals surface area contributed by atoms with Crippen LogP contribution in [0.1, 0.15) is 57.7 Å². The topological polar surface area (TPSA) is 35.9 Å². The summed E-state index contributed by atoms with van der Waals surface area (Å²) >= 11 is 8.73. The van der Waals surface area contributed by atoms with Crippen molar-refractivity contribution < 1.29 is 0 Å². The van der Waals surface area contributed by atoms with Crippen LogP contribution in [0.5, 0.6) is 0 Å². The average molecular weight is 465 g/mol. The molecule has 0 saturated heterocycles. The molecule has 0 aliphatic carbocycles. The number of halogens is 2. The first-order valence-electron chi connectivity index (χ1n) is 7.64. The third-order valence-corrected chi connectivity index (χ3v) is 4.86. The van der Waals surface area contributed by atoms with Crippen molar-refractivity contribution in [2.45, 2.75) is 48.0 Å². The van der Waals surface area contributed by atoms with Crippen LogP contribution >= 0.6 is 41.9 Å². The second-order valence-electron chi connectivity index (χ2n) is 4.79. The molecule has 23 heavy (non-hydrogen) atoms. The first-order chi connectivity index (χ1) is 11.0. The molecule has 1 aromatic carbocycles. The summed E-state index contributed by atoms with van der Waals surface area (Å²) in [6.07, 6.45) is 6.41. The number of rotatable bonds is 6. The lowest BCUT2D eigenvalue weighted by Crippen LogP contribution is -2.01. The normalized spacial score (nSPS) is 11.7. The van der Waals surface area contributed by atoms with Crippen LogP contribution in [0.4, 0.5) is 5.69 Å². The van der Waals surface area contributed by atoms with Crippen molar-refractivity contribution in [2.75, 3.05) is 4.72 Å². The van der Waals surface area contributed by atoms with Gasteiger partial charge in [-0.3, -0.25) is 0 Å². The minimum absolute atomic E-state index is 0.731. The largest absolute Gasteiger partial charge is 0.320 e. The SMILES string of the molecule is C/C=C(/C/C(C)=C/C)c1c(Cl)c(C)cc(NSI)c1C=N.CC. The average Bonchev–Trinajstić information content (AvgIpc) is 2.57. The molecule has 0 atom stereocenters. The van der Waals surface area contributed by atoms with Gasteiger partial charge < -0.3 is 10.1 Å². The van der Waals surface area contributed by atoms with E-state index in [1.54, 1.807) is 0 Å². The molecular weight excluding hydrogens is 439 g/mol. The summed E-state index contributed by atoms with van der Waals surface area (Å²) in [4.78, 5) is 0. The fourth-order valence-corrected chi connectivity index (χ4v) is 3.38. The van der Waals surface area contributed by atoms with E-state index in [1.807, 2.05) is 40.7 Å². The molecule has 1 rings (SSSR count). The zero-order valence-corrected chi connectivity index (χ0v) is 18.4. The number of hydrogen-bond donors (Lipinski definition) is 2. The van der Waals surface area contributed by atoms with Crippen LogP contribution in [0, 0.1) is 12.3 Å². The van der Waals surface area contributed by atoms with Crippen molar-refractivity contribution in [2.24, 2.45) is 0 Å². The van der Waals surface area contributed by atoms with Gasteiger partial charge in [-0.1, -0.05) is 43.2 Å². The van der Waals surface area contributed by atoms with Crippen molar-refractivity contribution in [3.8, 4) is 0 Å². The van der Waals surface area contributed by atoms with Crippen LogP contribution in [0.3, 0.4) is 0 Å². The van der Waals surface area contributed by atoms with Gasteiger partial charge in [0.1, 0.15) is 0 Å². The molecular formula is C18H26ClIN2S. The molecule has 0 spiro atoms. The van der Waals surface area contributed by atoms with E-state index >= 15 is 0 Å². The molecule has 0 aliphatic heterocycles. The molecule has 0 radical (unpaired) electrons. The number of allylic oxidation sites excluding steroid dienone is 4. The monoisotopic (exact) mass is 464 g/mol. The van der Waals surface area contributed by atoms with Crippen molar-refractivity contribution in [1.82, 2.24) is 0 Å². The van der Waals surface area contributed by atoms with E-state index in [0.717, 1.165) is 39.4 Å². The van der Waals surface area contributed by atoms with Gasteiger partial charge in [-0.15, -0.1) is 0 Å². The van der Waals surface area contributed by atoms with Crippen molar-refractivity contribution >= 4 is 59.4 Å². The second-order valence-corrected chi connectivity index (χ2v) is 6.85. The van der Waals surface area contributed by atoms with Crippen LogP contribution in [0.25, 0.3) is 5.57 Å². The summed E-state index contributed by atoms with van der Waals surface area (Å²) in [5.41, 5.74) is 6.19. The molecule has 0 amide bonds. The molecule has 0 fully saturated rings. The zero-order chi connectivity index (χ0) is 18.0. The van der Waals surface area contributed by atoms with Gasteiger partial charge in [-0.25, -0.2) is 0 Å². The smallest absolute Gasteiger partial charge is 0.0544 e. The molecule has 5 heteroatoms. The fourth-order valence-electron chi connectivity index (χ4n) is 2.13. The molecule has 128 valence electrons. The highest BCUT2D eigenvalue weighted by atomic mass is 127. The number of nitrogens with one attached hydrogen (secondary N) is 2. The summed E-state index contributed by atoms with van der Waals surface area (Å²) in [7, 11) is 1.49. The van der Waals surface area contributed by atoms with Gasteiger partial charge in [0.2, 0.25) is 0 Å². The Morgan fingerprint density at radius 1 is 1.35 bits per heavy atom. The van der Waals surface area contributed by atoms with Gasteiger partial charge >= 0.3 is 0 Å². The molecule has 0 heterocycles. The lowest BCUT2D eigenvalue weighted by molar-refractivity contribution is 1.20. The molecule has 1 aromatic rings. The summed E-state index contributed by atoms with van der Waals surface area (Å²) < 4.78 is 3.23. The lowest BCUT2D eigenvalue weighted by Gasteiger charge is -2.18. The zero-order valence-electron chi connectivity index (χ0n) is 14.7. The van der Waals surface area contributed by atoms with Crippen molar-refractivity contribution in [3.05, 3.63) is 45.5 Å². The highest BCUT2D eigenvalue weighted by Crippen LogP contribution is 2.38. The highest BCUT2D eigenvalue weighted by Gasteiger charge is 2.17. The highest BCUT2D eigenvalue weighted by molar-refractivity contribution is 14.2. The Morgan fingerprint density at radius 3 is 2.39 bits per heavy atom. The predicted octanol–water partition coefficient (Wildman–Crippen LogP) is 7.84. The minimum atomic E-state index is 0.731. The van der Waals surface area contributed by atoms with Crippen LogP contribution in [0.15, 0.2) is 23.8 Å². The Labute approximate surface area is 162 Å². The third-order valence-electron chi connectivity index (χ3n) is 3.41. The van der Waals surface area contributed by atoms with Crippen molar-refractivity contribution in [3.63, 3.8) is 0 Å². The van der Waals surface area contributed by atoms with E-state index in [2.05, 4.69) is 45.0 Å². The summed E-state index contributed by atoms with van der Waals surface area (Å²) in [6.45, 7) is 12.2. The lowest BCUT2D eigenvalue weighted by atomic mass is 9.92. The Balaban J connectivity index is 0.00000232. The van der Waals surface area contributed by atoms with Crippen LogP contribution < -0.4 is 4.72 Å². The molecule has 0 aromatic heterocycles. The van der Waals surface area contributed by atoms with Gasteiger partial charge in [0.25, 0.3) is 0 Å². The quantitative estimate of drug-likeness (QED) is 0.195. The number of hydrogen-bond acceptors (Lipinski definition) is 3.